The maximum atomic E-state index is 12.3. The molecule has 0 radical (unpaired) electrons. The zero-order valence-electron chi connectivity index (χ0n) is 10.5. The molecular weight excluding hydrogens is 275 g/mol. The van der Waals surface area contributed by atoms with Crippen molar-refractivity contribution in [2.75, 3.05) is 6.51 Å². The van der Waals surface area contributed by atoms with Crippen molar-refractivity contribution < 1.29 is 17.7 Å². The lowest BCUT2D eigenvalue weighted by molar-refractivity contribution is 0.306. The van der Waals surface area contributed by atoms with E-state index in [0.717, 1.165) is 31.2 Å². The Morgan fingerprint density at radius 2 is 1.84 bits per heavy atom. The molecule has 1 aromatic carbocycles. The molecule has 0 aliphatic heterocycles. The van der Waals surface area contributed by atoms with Crippen molar-refractivity contribution in [1.29, 1.82) is 0 Å². The van der Waals surface area contributed by atoms with Crippen LogP contribution in [0.15, 0.2) is 18.2 Å². The third kappa shape index (κ3) is 4.34. The van der Waals surface area contributed by atoms with Gasteiger partial charge in [-0.05, 0) is 42.5 Å². The quantitative estimate of drug-likeness (QED) is 0.697. The average molecular weight is 292 g/mol. The van der Waals surface area contributed by atoms with E-state index in [1.165, 1.54) is 6.42 Å². The van der Waals surface area contributed by atoms with Crippen LogP contribution in [-0.2, 0) is 0 Å². The third-order valence-electron chi connectivity index (χ3n) is 3.44. The highest BCUT2D eigenvalue weighted by atomic mass is 35.5. The highest BCUT2D eigenvalue weighted by Crippen LogP contribution is 2.38. The highest BCUT2D eigenvalue weighted by Gasteiger charge is 2.26. The monoisotopic (exact) mass is 291 g/mol. The Bertz CT molecular complexity index is 430. The Labute approximate surface area is 116 Å². The average Bonchev–Trinajstić information content (AvgIpc) is 2.37. The van der Waals surface area contributed by atoms with Crippen LogP contribution in [0, 0.1) is 0 Å². The van der Waals surface area contributed by atoms with Gasteiger partial charge in [0.15, 0.2) is 0 Å². The van der Waals surface area contributed by atoms with Gasteiger partial charge >= 0.3 is 6.98 Å². The lowest BCUT2D eigenvalue weighted by Gasteiger charge is -2.25. The first-order valence-corrected chi connectivity index (χ1v) is 6.97. The van der Waals surface area contributed by atoms with Gasteiger partial charge in [0.25, 0.3) is 0 Å². The summed E-state index contributed by atoms with van der Waals surface area (Å²) in [5.41, 5.74) is 0.826. The molecule has 0 saturated heterocycles. The second-order valence-electron chi connectivity index (χ2n) is 5.04. The summed E-state index contributed by atoms with van der Waals surface area (Å²) in [6.45, 7) is -6.12. The van der Waals surface area contributed by atoms with Crippen molar-refractivity contribution >= 4 is 18.6 Å². The second-order valence-corrected chi connectivity index (χ2v) is 5.47. The molecule has 2 rings (SSSR count). The highest BCUT2D eigenvalue weighted by molar-refractivity contribution is 6.58. The van der Waals surface area contributed by atoms with Gasteiger partial charge in [-0.25, -0.2) is 0 Å². The number of rotatable bonds is 4. The van der Waals surface area contributed by atoms with Crippen molar-refractivity contribution in [3.8, 4) is 5.75 Å². The molecule has 1 fully saturated rings. The summed E-state index contributed by atoms with van der Waals surface area (Å²) >= 11 is 5.95. The molecule has 1 aliphatic rings. The van der Waals surface area contributed by atoms with Gasteiger partial charge in [-0.1, -0.05) is 30.9 Å². The first-order chi connectivity index (χ1) is 8.96. The van der Waals surface area contributed by atoms with Crippen LogP contribution in [0.2, 0.25) is 5.02 Å². The van der Waals surface area contributed by atoms with Crippen LogP contribution < -0.4 is 4.74 Å². The summed E-state index contributed by atoms with van der Waals surface area (Å²) in [6.07, 6.45) is 5.40. The fourth-order valence-electron chi connectivity index (χ4n) is 2.57. The molecule has 0 spiro atoms. The summed E-state index contributed by atoms with van der Waals surface area (Å²) in [4.78, 5) is 0. The Morgan fingerprint density at radius 1 is 1.16 bits per heavy atom. The predicted molar refractivity (Wildman–Crippen MR) is 71.9 cm³/mol. The second kappa shape index (κ2) is 6.08. The summed E-state index contributed by atoms with van der Waals surface area (Å²) in [6, 6.07) is 4.87. The first kappa shape index (κ1) is 14.6. The van der Waals surface area contributed by atoms with Crippen molar-refractivity contribution in [3.05, 3.63) is 28.8 Å². The lowest BCUT2D eigenvalue weighted by Crippen LogP contribution is -2.26. The Balaban J connectivity index is 2.17. The molecule has 6 heteroatoms. The van der Waals surface area contributed by atoms with Crippen LogP contribution in [0.5, 0.6) is 5.75 Å². The van der Waals surface area contributed by atoms with E-state index in [-0.39, 0.29) is 5.92 Å². The maximum absolute atomic E-state index is 12.3. The molecule has 0 amide bonds. The molecule has 1 aliphatic carbocycles. The van der Waals surface area contributed by atoms with Crippen LogP contribution in [0.1, 0.15) is 43.6 Å². The molecule has 0 aromatic heterocycles. The van der Waals surface area contributed by atoms with Crippen molar-refractivity contribution in [1.82, 2.24) is 0 Å². The van der Waals surface area contributed by atoms with Crippen LogP contribution in [-0.4, -0.2) is 13.5 Å². The number of hydrogen-bond acceptors (Lipinski definition) is 1. The largest absolute Gasteiger partial charge is 0.521 e. The molecule has 1 saturated carbocycles. The number of benzene rings is 1. The molecule has 0 heterocycles. The van der Waals surface area contributed by atoms with Gasteiger partial charge in [-0.15, -0.1) is 0 Å². The minimum absolute atomic E-state index is 0.267. The zero-order valence-corrected chi connectivity index (χ0v) is 11.3. The van der Waals surface area contributed by atoms with Crippen LogP contribution >= 0.6 is 11.6 Å². The summed E-state index contributed by atoms with van der Waals surface area (Å²) in [5.74, 6) is 0.596. The van der Waals surface area contributed by atoms with E-state index in [9.17, 15) is 12.9 Å². The minimum Gasteiger partial charge on any atom is -0.521 e. The van der Waals surface area contributed by atoms with Gasteiger partial charge in [0.05, 0.1) is 6.51 Å². The Morgan fingerprint density at radius 3 is 2.47 bits per heavy atom. The summed E-state index contributed by atoms with van der Waals surface area (Å²) in [5, 5.41) is 0.547. The third-order valence-corrected chi connectivity index (χ3v) is 3.68. The molecule has 1 nitrogen and oxygen atoms in total. The van der Waals surface area contributed by atoms with E-state index in [2.05, 4.69) is 0 Å². The number of ether oxygens (including phenoxy) is 1. The summed E-state index contributed by atoms with van der Waals surface area (Å²) in [7, 11) is 0. The van der Waals surface area contributed by atoms with Gasteiger partial charge in [-0.3, -0.25) is 0 Å². The topological polar surface area (TPSA) is 9.23 Å². The van der Waals surface area contributed by atoms with Crippen molar-refractivity contribution in [2.45, 2.75) is 38.0 Å². The lowest BCUT2D eigenvalue weighted by atomic mass is 9.83. The van der Waals surface area contributed by atoms with E-state index in [1.807, 2.05) is 0 Å². The maximum Gasteiger partial charge on any atom is 0.515 e. The fourth-order valence-corrected chi connectivity index (χ4v) is 2.75. The Hall–Kier alpha value is -0.835. The van der Waals surface area contributed by atoms with Gasteiger partial charge in [0, 0.05) is 5.02 Å². The first-order valence-electron chi connectivity index (χ1n) is 6.59. The van der Waals surface area contributed by atoms with E-state index in [4.69, 9.17) is 16.3 Å². The molecular formula is C13H16BClF3O-. The SMILES string of the molecule is F[B-](F)(F)COc1ccc(Cl)cc1C1CCCCC1. The fraction of sp³-hybridized carbons (Fsp3) is 0.538. The smallest absolute Gasteiger partial charge is 0.515 e. The normalized spacial score (nSPS) is 17.5. The van der Waals surface area contributed by atoms with E-state index in [1.54, 1.807) is 18.2 Å². The van der Waals surface area contributed by atoms with Gasteiger partial charge in [-0.2, -0.15) is 0 Å². The minimum atomic E-state index is -4.93. The van der Waals surface area contributed by atoms with Gasteiger partial charge in [0.2, 0.25) is 0 Å². The molecule has 19 heavy (non-hydrogen) atoms. The summed E-state index contributed by atoms with van der Waals surface area (Å²) < 4.78 is 41.9. The molecule has 0 N–H and O–H groups in total. The molecule has 106 valence electrons. The van der Waals surface area contributed by atoms with E-state index >= 15 is 0 Å². The molecule has 0 bridgehead atoms. The van der Waals surface area contributed by atoms with E-state index < -0.39 is 13.5 Å². The predicted octanol–water partition coefficient (Wildman–Crippen LogP) is 5.15. The van der Waals surface area contributed by atoms with Gasteiger partial charge in [0.1, 0.15) is 5.75 Å². The van der Waals surface area contributed by atoms with Crippen LogP contribution in [0.3, 0.4) is 0 Å². The molecule has 0 unspecified atom stereocenters. The molecule has 0 atom stereocenters. The van der Waals surface area contributed by atoms with Crippen LogP contribution in [0.4, 0.5) is 12.9 Å². The van der Waals surface area contributed by atoms with Gasteiger partial charge < -0.3 is 17.7 Å². The standard InChI is InChI=1S/C13H16BClF3O/c15-11-6-7-13(19-9-14(16,17)18)12(8-11)10-4-2-1-3-5-10/h6-8,10H,1-5,9H2/q-1. The van der Waals surface area contributed by atoms with E-state index in [0.29, 0.717) is 10.8 Å². The zero-order chi connectivity index (χ0) is 13.9. The molecule has 1 aromatic rings. The van der Waals surface area contributed by atoms with Crippen molar-refractivity contribution in [2.24, 2.45) is 0 Å². The number of halogens is 4. The Kier molecular flexibility index (Phi) is 4.66. The number of hydrogen-bond donors (Lipinski definition) is 0. The van der Waals surface area contributed by atoms with Crippen LogP contribution in [0.25, 0.3) is 0 Å². The van der Waals surface area contributed by atoms with Crippen molar-refractivity contribution in [3.63, 3.8) is 0 Å².